The Morgan fingerprint density at radius 1 is 1.35 bits per heavy atom. The van der Waals surface area contributed by atoms with Gasteiger partial charge in [-0.3, -0.25) is 0 Å². The van der Waals surface area contributed by atoms with Crippen molar-refractivity contribution in [2.45, 2.75) is 58.5 Å². The summed E-state index contributed by atoms with van der Waals surface area (Å²) in [5.41, 5.74) is 7.90. The van der Waals surface area contributed by atoms with Crippen molar-refractivity contribution < 1.29 is 4.39 Å². The zero-order valence-electron chi connectivity index (χ0n) is 12.9. The molecule has 0 saturated heterocycles. The van der Waals surface area contributed by atoms with Crippen LogP contribution in [0.1, 0.15) is 45.6 Å². The fourth-order valence-electron chi connectivity index (χ4n) is 2.61. The Hall–Kier alpha value is -1.09. The average molecular weight is 278 g/mol. The second kappa shape index (κ2) is 6.57. The van der Waals surface area contributed by atoms with Crippen LogP contribution in [0.3, 0.4) is 0 Å². The van der Waals surface area contributed by atoms with Crippen molar-refractivity contribution >= 4 is 5.69 Å². The molecule has 20 heavy (non-hydrogen) atoms. The molecule has 0 aliphatic heterocycles. The third kappa shape index (κ3) is 3.72. The molecule has 1 aliphatic rings. The molecule has 2 rings (SSSR count). The van der Waals surface area contributed by atoms with Crippen LogP contribution >= 0.6 is 0 Å². The van der Waals surface area contributed by atoms with Gasteiger partial charge in [0.15, 0.2) is 0 Å². The molecule has 1 unspecified atom stereocenters. The smallest absolute Gasteiger partial charge is 0.146 e. The van der Waals surface area contributed by atoms with Crippen molar-refractivity contribution in [3.05, 3.63) is 29.6 Å². The van der Waals surface area contributed by atoms with E-state index in [2.05, 4.69) is 25.7 Å². The molecule has 1 aromatic rings. The van der Waals surface area contributed by atoms with Gasteiger partial charge in [0.25, 0.3) is 0 Å². The molecule has 0 heterocycles. The first-order valence-corrected chi connectivity index (χ1v) is 7.82. The summed E-state index contributed by atoms with van der Waals surface area (Å²) in [6, 6.07) is 5.80. The third-order valence-corrected chi connectivity index (χ3v) is 4.14. The van der Waals surface area contributed by atoms with Gasteiger partial charge in [-0.25, -0.2) is 4.39 Å². The van der Waals surface area contributed by atoms with E-state index in [1.165, 1.54) is 12.8 Å². The van der Waals surface area contributed by atoms with Gasteiger partial charge in [-0.1, -0.05) is 19.1 Å². The van der Waals surface area contributed by atoms with Crippen LogP contribution in [0.4, 0.5) is 10.1 Å². The average Bonchev–Trinajstić information content (AvgIpc) is 3.20. The molecule has 0 aromatic heterocycles. The number of nitrogens with two attached hydrogens (primary N) is 1. The Morgan fingerprint density at radius 3 is 2.60 bits per heavy atom. The standard InChI is InChI=1S/C17H27FN2/c1-4-15(19)10-14-6-5-7-16(18)17(14)20(12(2)3)11-13-8-9-13/h5-7,12-13,15H,4,8-11,19H2,1-3H3. The van der Waals surface area contributed by atoms with E-state index in [1.807, 2.05) is 6.07 Å². The highest BCUT2D eigenvalue weighted by atomic mass is 19.1. The minimum absolute atomic E-state index is 0.102. The maximum atomic E-state index is 14.4. The zero-order valence-corrected chi connectivity index (χ0v) is 12.9. The molecule has 112 valence electrons. The first kappa shape index (κ1) is 15.3. The molecule has 1 atom stereocenters. The van der Waals surface area contributed by atoms with E-state index in [0.717, 1.165) is 36.6 Å². The predicted octanol–water partition coefficient (Wildman–Crippen LogP) is 3.73. The van der Waals surface area contributed by atoms with E-state index in [1.54, 1.807) is 12.1 Å². The fraction of sp³-hybridized carbons (Fsp3) is 0.647. The summed E-state index contributed by atoms with van der Waals surface area (Å²) in [5.74, 6) is 0.629. The van der Waals surface area contributed by atoms with Crippen LogP contribution < -0.4 is 10.6 Å². The Labute approximate surface area is 122 Å². The van der Waals surface area contributed by atoms with Crippen molar-refractivity contribution in [2.24, 2.45) is 11.7 Å². The highest BCUT2D eigenvalue weighted by molar-refractivity contribution is 5.56. The summed E-state index contributed by atoms with van der Waals surface area (Å²) in [6.07, 6.45) is 4.22. The van der Waals surface area contributed by atoms with E-state index in [0.29, 0.717) is 6.04 Å². The summed E-state index contributed by atoms with van der Waals surface area (Å²) in [5, 5.41) is 0. The third-order valence-electron chi connectivity index (χ3n) is 4.14. The van der Waals surface area contributed by atoms with Gasteiger partial charge in [-0.15, -0.1) is 0 Å². The quantitative estimate of drug-likeness (QED) is 0.823. The van der Waals surface area contributed by atoms with Gasteiger partial charge in [-0.05, 0) is 57.1 Å². The van der Waals surface area contributed by atoms with Crippen LogP contribution in [-0.4, -0.2) is 18.6 Å². The van der Waals surface area contributed by atoms with Gasteiger partial charge in [0.05, 0.1) is 5.69 Å². The summed E-state index contributed by atoms with van der Waals surface area (Å²) in [7, 11) is 0. The SMILES string of the molecule is CCC(N)Cc1cccc(F)c1N(CC1CC1)C(C)C. The predicted molar refractivity (Wildman–Crippen MR) is 83.6 cm³/mol. The minimum Gasteiger partial charge on any atom is -0.366 e. The van der Waals surface area contributed by atoms with Gasteiger partial charge >= 0.3 is 0 Å². The molecule has 0 radical (unpaired) electrons. The van der Waals surface area contributed by atoms with Crippen molar-refractivity contribution in [3.63, 3.8) is 0 Å². The topological polar surface area (TPSA) is 29.3 Å². The van der Waals surface area contributed by atoms with Crippen molar-refractivity contribution in [3.8, 4) is 0 Å². The van der Waals surface area contributed by atoms with E-state index in [9.17, 15) is 4.39 Å². The lowest BCUT2D eigenvalue weighted by Gasteiger charge is -2.32. The Morgan fingerprint density at radius 2 is 2.05 bits per heavy atom. The summed E-state index contributed by atoms with van der Waals surface area (Å²) in [4.78, 5) is 2.23. The zero-order chi connectivity index (χ0) is 14.7. The van der Waals surface area contributed by atoms with Gasteiger partial charge < -0.3 is 10.6 Å². The largest absolute Gasteiger partial charge is 0.366 e. The second-order valence-electron chi connectivity index (χ2n) is 6.31. The molecule has 0 bridgehead atoms. The first-order chi connectivity index (χ1) is 9.52. The molecule has 2 N–H and O–H groups in total. The second-order valence-corrected chi connectivity index (χ2v) is 6.31. The summed E-state index contributed by atoms with van der Waals surface area (Å²) in [6.45, 7) is 7.32. The number of rotatable bonds is 7. The van der Waals surface area contributed by atoms with E-state index in [4.69, 9.17) is 5.73 Å². The van der Waals surface area contributed by atoms with E-state index >= 15 is 0 Å². The fourth-order valence-corrected chi connectivity index (χ4v) is 2.61. The highest BCUT2D eigenvalue weighted by Gasteiger charge is 2.28. The Bertz CT molecular complexity index is 441. The summed E-state index contributed by atoms with van der Waals surface area (Å²) < 4.78 is 14.4. The summed E-state index contributed by atoms with van der Waals surface area (Å²) >= 11 is 0. The highest BCUT2D eigenvalue weighted by Crippen LogP contribution is 2.35. The molecular formula is C17H27FN2. The molecule has 0 spiro atoms. The molecule has 1 aromatic carbocycles. The number of para-hydroxylation sites is 1. The molecule has 0 amide bonds. The minimum atomic E-state index is -0.111. The van der Waals surface area contributed by atoms with Gasteiger partial charge in [0.2, 0.25) is 0 Å². The van der Waals surface area contributed by atoms with Crippen LogP contribution in [0.15, 0.2) is 18.2 Å². The van der Waals surface area contributed by atoms with Gasteiger partial charge in [0.1, 0.15) is 5.82 Å². The number of anilines is 1. The number of hydrogen-bond donors (Lipinski definition) is 1. The van der Waals surface area contributed by atoms with Crippen molar-refractivity contribution in [2.75, 3.05) is 11.4 Å². The molecule has 1 saturated carbocycles. The first-order valence-electron chi connectivity index (χ1n) is 7.82. The molecule has 1 aliphatic carbocycles. The maximum absolute atomic E-state index is 14.4. The van der Waals surface area contributed by atoms with E-state index in [-0.39, 0.29) is 11.9 Å². The Kier molecular flexibility index (Phi) is 5.03. The lowest BCUT2D eigenvalue weighted by Crippen LogP contribution is -2.35. The number of halogens is 1. The van der Waals surface area contributed by atoms with Crippen molar-refractivity contribution in [1.82, 2.24) is 0 Å². The lowest BCUT2D eigenvalue weighted by atomic mass is 10.0. The van der Waals surface area contributed by atoms with Crippen molar-refractivity contribution in [1.29, 1.82) is 0 Å². The van der Waals surface area contributed by atoms with E-state index < -0.39 is 0 Å². The number of nitrogens with zero attached hydrogens (tertiary/aromatic N) is 1. The van der Waals surface area contributed by atoms with Gasteiger partial charge in [-0.2, -0.15) is 0 Å². The molecule has 3 heteroatoms. The van der Waals surface area contributed by atoms with Crippen LogP contribution in [0, 0.1) is 11.7 Å². The van der Waals surface area contributed by atoms with Gasteiger partial charge in [0, 0.05) is 18.6 Å². The van der Waals surface area contributed by atoms with Crippen LogP contribution in [0.25, 0.3) is 0 Å². The van der Waals surface area contributed by atoms with Crippen LogP contribution in [0.2, 0.25) is 0 Å². The normalized spacial score (nSPS) is 16.5. The Balaban J connectivity index is 2.30. The molecular weight excluding hydrogens is 251 g/mol. The monoisotopic (exact) mass is 278 g/mol. The molecule has 2 nitrogen and oxygen atoms in total. The maximum Gasteiger partial charge on any atom is 0.146 e. The lowest BCUT2D eigenvalue weighted by molar-refractivity contribution is 0.577. The number of benzene rings is 1. The van der Waals surface area contributed by atoms with Crippen LogP contribution in [0.5, 0.6) is 0 Å². The van der Waals surface area contributed by atoms with Crippen LogP contribution in [-0.2, 0) is 6.42 Å². The number of hydrogen-bond acceptors (Lipinski definition) is 2. The molecule has 1 fully saturated rings.